The van der Waals surface area contributed by atoms with Crippen LogP contribution in [0.4, 0.5) is 11.4 Å². The number of hydrogen-bond acceptors (Lipinski definition) is 3. The second-order valence-electron chi connectivity index (χ2n) is 8.18. The standard InChI is InChI=1S/C24H31N3O2/c1-17(2)15-23(28)26-20-11-12-22(27-13-7-8-14-27)21(16-20)24(29)25-18(3)19-9-5-4-6-10-19/h4-6,9-12,16-18H,7-8,13-15H2,1-3H3,(H,25,29)(H,26,28)/t18-/m1/s1. The van der Waals surface area contributed by atoms with E-state index in [1.165, 1.54) is 0 Å². The summed E-state index contributed by atoms with van der Waals surface area (Å²) in [6.45, 7) is 7.91. The molecule has 0 saturated carbocycles. The molecule has 154 valence electrons. The summed E-state index contributed by atoms with van der Waals surface area (Å²) in [4.78, 5) is 27.6. The van der Waals surface area contributed by atoms with Gasteiger partial charge in [0, 0.05) is 30.9 Å². The van der Waals surface area contributed by atoms with Gasteiger partial charge >= 0.3 is 0 Å². The van der Waals surface area contributed by atoms with Crippen molar-refractivity contribution in [3.05, 3.63) is 59.7 Å². The summed E-state index contributed by atoms with van der Waals surface area (Å²) < 4.78 is 0. The minimum Gasteiger partial charge on any atom is -0.371 e. The van der Waals surface area contributed by atoms with E-state index in [0.717, 1.165) is 37.2 Å². The summed E-state index contributed by atoms with van der Waals surface area (Å²) in [5.74, 6) is 0.134. The van der Waals surface area contributed by atoms with Crippen LogP contribution < -0.4 is 15.5 Å². The molecule has 5 nitrogen and oxygen atoms in total. The topological polar surface area (TPSA) is 61.4 Å². The van der Waals surface area contributed by atoms with Crippen molar-refractivity contribution in [2.45, 2.75) is 46.1 Å². The Morgan fingerprint density at radius 2 is 1.69 bits per heavy atom. The van der Waals surface area contributed by atoms with E-state index in [-0.39, 0.29) is 23.8 Å². The van der Waals surface area contributed by atoms with Crippen LogP contribution in [0.15, 0.2) is 48.5 Å². The number of amides is 2. The third-order valence-electron chi connectivity index (χ3n) is 5.21. The molecule has 0 radical (unpaired) electrons. The number of nitrogens with zero attached hydrogens (tertiary/aromatic N) is 1. The van der Waals surface area contributed by atoms with Crippen molar-refractivity contribution in [1.82, 2.24) is 5.32 Å². The highest BCUT2D eigenvalue weighted by molar-refractivity contribution is 6.02. The molecular weight excluding hydrogens is 362 g/mol. The average molecular weight is 394 g/mol. The quantitative estimate of drug-likeness (QED) is 0.713. The van der Waals surface area contributed by atoms with Gasteiger partial charge in [0.1, 0.15) is 0 Å². The average Bonchev–Trinajstić information content (AvgIpc) is 3.22. The molecule has 1 fully saturated rings. The Morgan fingerprint density at radius 1 is 1.00 bits per heavy atom. The van der Waals surface area contributed by atoms with Gasteiger partial charge in [-0.1, -0.05) is 44.2 Å². The summed E-state index contributed by atoms with van der Waals surface area (Å²) in [5.41, 5.74) is 3.26. The van der Waals surface area contributed by atoms with Crippen LogP contribution in [0.2, 0.25) is 0 Å². The highest BCUT2D eigenvalue weighted by Crippen LogP contribution is 2.28. The first-order valence-corrected chi connectivity index (χ1v) is 10.5. The SMILES string of the molecule is CC(C)CC(=O)Nc1ccc(N2CCCC2)c(C(=O)N[C@H](C)c2ccccc2)c1. The van der Waals surface area contributed by atoms with Gasteiger partial charge in [0.25, 0.3) is 5.91 Å². The van der Waals surface area contributed by atoms with Gasteiger partial charge in [-0.05, 0) is 49.4 Å². The third-order valence-corrected chi connectivity index (χ3v) is 5.21. The lowest BCUT2D eigenvalue weighted by Gasteiger charge is -2.23. The summed E-state index contributed by atoms with van der Waals surface area (Å²) in [6, 6.07) is 15.5. The highest BCUT2D eigenvalue weighted by atomic mass is 16.2. The lowest BCUT2D eigenvalue weighted by atomic mass is 10.1. The summed E-state index contributed by atoms with van der Waals surface area (Å²) in [5, 5.41) is 6.04. The molecule has 1 aliphatic rings. The van der Waals surface area contributed by atoms with E-state index >= 15 is 0 Å². The first kappa shape index (κ1) is 20.9. The van der Waals surface area contributed by atoms with E-state index in [1.54, 1.807) is 6.07 Å². The number of rotatable bonds is 7. The van der Waals surface area contributed by atoms with Crippen LogP contribution in [0.3, 0.4) is 0 Å². The van der Waals surface area contributed by atoms with Gasteiger partial charge in [-0.25, -0.2) is 0 Å². The van der Waals surface area contributed by atoms with Crippen molar-refractivity contribution in [3.63, 3.8) is 0 Å². The Labute approximate surface area is 173 Å². The lowest BCUT2D eigenvalue weighted by Crippen LogP contribution is -2.29. The number of nitrogens with one attached hydrogen (secondary N) is 2. The van der Waals surface area contributed by atoms with Gasteiger partial charge < -0.3 is 15.5 Å². The van der Waals surface area contributed by atoms with E-state index in [9.17, 15) is 9.59 Å². The number of benzene rings is 2. The molecule has 0 bridgehead atoms. The van der Waals surface area contributed by atoms with Crippen LogP contribution in [0.25, 0.3) is 0 Å². The van der Waals surface area contributed by atoms with Gasteiger partial charge in [-0.2, -0.15) is 0 Å². The molecule has 2 N–H and O–H groups in total. The Kier molecular flexibility index (Phi) is 6.91. The number of carbonyl (C=O) groups excluding carboxylic acids is 2. The molecule has 1 atom stereocenters. The summed E-state index contributed by atoms with van der Waals surface area (Å²) >= 11 is 0. The summed E-state index contributed by atoms with van der Waals surface area (Å²) in [7, 11) is 0. The van der Waals surface area contributed by atoms with Gasteiger partial charge in [0.2, 0.25) is 5.91 Å². The molecule has 2 amide bonds. The molecule has 3 rings (SSSR count). The van der Waals surface area contributed by atoms with Crippen LogP contribution in [-0.4, -0.2) is 24.9 Å². The van der Waals surface area contributed by atoms with Gasteiger partial charge in [-0.3, -0.25) is 9.59 Å². The van der Waals surface area contributed by atoms with Crippen molar-refractivity contribution >= 4 is 23.2 Å². The van der Waals surface area contributed by atoms with Gasteiger partial charge in [-0.15, -0.1) is 0 Å². The van der Waals surface area contributed by atoms with E-state index in [0.29, 0.717) is 17.7 Å². The molecule has 0 spiro atoms. The molecule has 2 aromatic rings. The molecule has 2 aromatic carbocycles. The van der Waals surface area contributed by atoms with Crippen LogP contribution in [0.5, 0.6) is 0 Å². The van der Waals surface area contributed by atoms with Crippen molar-refractivity contribution < 1.29 is 9.59 Å². The Morgan fingerprint density at radius 3 is 2.34 bits per heavy atom. The number of anilines is 2. The molecule has 5 heteroatoms. The molecule has 1 saturated heterocycles. The minimum absolute atomic E-state index is 0.0297. The van der Waals surface area contributed by atoms with E-state index in [2.05, 4.69) is 15.5 Å². The van der Waals surface area contributed by atoms with Crippen molar-refractivity contribution in [2.24, 2.45) is 5.92 Å². The van der Waals surface area contributed by atoms with Crippen molar-refractivity contribution in [1.29, 1.82) is 0 Å². The monoisotopic (exact) mass is 393 g/mol. The molecular formula is C24H31N3O2. The first-order chi connectivity index (χ1) is 13.9. The maximum absolute atomic E-state index is 13.2. The van der Waals surface area contributed by atoms with Crippen molar-refractivity contribution in [2.75, 3.05) is 23.3 Å². The van der Waals surface area contributed by atoms with Crippen LogP contribution in [0.1, 0.15) is 62.0 Å². The van der Waals surface area contributed by atoms with Crippen LogP contribution >= 0.6 is 0 Å². The predicted molar refractivity (Wildman–Crippen MR) is 118 cm³/mol. The third kappa shape index (κ3) is 5.59. The van der Waals surface area contributed by atoms with E-state index in [4.69, 9.17) is 0 Å². The zero-order chi connectivity index (χ0) is 20.8. The fraction of sp³-hybridized carbons (Fsp3) is 0.417. The maximum Gasteiger partial charge on any atom is 0.253 e. The molecule has 0 aromatic heterocycles. The maximum atomic E-state index is 13.2. The van der Waals surface area contributed by atoms with Crippen LogP contribution in [0, 0.1) is 5.92 Å². The van der Waals surface area contributed by atoms with Crippen LogP contribution in [-0.2, 0) is 4.79 Å². The Hall–Kier alpha value is -2.82. The largest absolute Gasteiger partial charge is 0.371 e. The Bertz CT molecular complexity index is 842. The molecule has 29 heavy (non-hydrogen) atoms. The first-order valence-electron chi connectivity index (χ1n) is 10.5. The normalized spacial score (nSPS) is 14.7. The van der Waals surface area contributed by atoms with E-state index in [1.807, 2.05) is 63.2 Å². The molecule has 1 aliphatic heterocycles. The Balaban J connectivity index is 1.83. The van der Waals surface area contributed by atoms with Gasteiger partial charge in [0.05, 0.1) is 11.6 Å². The predicted octanol–water partition coefficient (Wildman–Crippen LogP) is 4.76. The molecule has 0 unspecified atom stereocenters. The minimum atomic E-state index is -0.122. The highest BCUT2D eigenvalue weighted by Gasteiger charge is 2.22. The van der Waals surface area contributed by atoms with Gasteiger partial charge in [0.15, 0.2) is 0 Å². The lowest BCUT2D eigenvalue weighted by molar-refractivity contribution is -0.116. The smallest absolute Gasteiger partial charge is 0.253 e. The second-order valence-corrected chi connectivity index (χ2v) is 8.18. The second kappa shape index (κ2) is 9.59. The molecule has 1 heterocycles. The van der Waals surface area contributed by atoms with Crippen molar-refractivity contribution in [3.8, 4) is 0 Å². The fourth-order valence-corrected chi connectivity index (χ4v) is 3.71. The molecule has 0 aliphatic carbocycles. The van der Waals surface area contributed by atoms with E-state index < -0.39 is 0 Å². The zero-order valence-electron chi connectivity index (χ0n) is 17.6. The fourth-order valence-electron chi connectivity index (χ4n) is 3.71. The number of hydrogen-bond donors (Lipinski definition) is 2. The zero-order valence-corrected chi connectivity index (χ0v) is 17.6. The number of carbonyl (C=O) groups is 2. The summed E-state index contributed by atoms with van der Waals surface area (Å²) in [6.07, 6.45) is 2.73.